The van der Waals surface area contributed by atoms with Crippen molar-refractivity contribution >= 4 is 5.97 Å². The summed E-state index contributed by atoms with van der Waals surface area (Å²) < 4.78 is 6.61. The van der Waals surface area contributed by atoms with E-state index in [4.69, 9.17) is 4.74 Å². The van der Waals surface area contributed by atoms with Gasteiger partial charge in [0.1, 0.15) is 12.6 Å². The van der Waals surface area contributed by atoms with Gasteiger partial charge in [-0.2, -0.15) is 0 Å². The van der Waals surface area contributed by atoms with E-state index in [0.717, 1.165) is 0 Å². The molecule has 0 fully saturated rings. The van der Waals surface area contributed by atoms with Crippen LogP contribution in [-0.2, 0) is 16.1 Å². The van der Waals surface area contributed by atoms with Gasteiger partial charge in [0.15, 0.2) is 0 Å². The van der Waals surface area contributed by atoms with Gasteiger partial charge in [0.05, 0.1) is 0 Å². The molecule has 1 heterocycles. The van der Waals surface area contributed by atoms with Crippen LogP contribution >= 0.6 is 0 Å². The smallest absolute Gasteiger partial charge is 0.326 e. The molecule has 1 aromatic rings. The van der Waals surface area contributed by atoms with Gasteiger partial charge in [0.25, 0.3) is 5.56 Å². The number of carbonyl (C=O) groups is 1. The van der Waals surface area contributed by atoms with Gasteiger partial charge in [-0.15, -0.1) is 0 Å². The van der Waals surface area contributed by atoms with Gasteiger partial charge >= 0.3 is 5.97 Å². The standard InChI is InChI=1S/C13H19NO3/c1-10(13(2,3)4)17-12(16)9-14-8-6-5-7-11(14)15/h5-8,10H,9H2,1-4H3/t10-/m1/s1. The number of esters is 1. The second-order valence-electron chi connectivity index (χ2n) is 5.16. The molecule has 0 radical (unpaired) electrons. The van der Waals surface area contributed by atoms with Crippen LogP contribution in [0.25, 0.3) is 0 Å². The lowest BCUT2D eigenvalue weighted by Gasteiger charge is -2.26. The number of nitrogens with zero attached hydrogens (tertiary/aromatic N) is 1. The molecule has 0 bridgehead atoms. The van der Waals surface area contributed by atoms with Crippen molar-refractivity contribution in [3.8, 4) is 0 Å². The molecule has 0 saturated carbocycles. The highest BCUT2D eigenvalue weighted by molar-refractivity contribution is 5.69. The number of carbonyl (C=O) groups excluding carboxylic acids is 1. The maximum atomic E-state index is 11.6. The van der Waals surface area contributed by atoms with E-state index in [1.807, 2.05) is 27.7 Å². The fraction of sp³-hybridized carbons (Fsp3) is 0.538. The Morgan fingerprint density at radius 1 is 1.41 bits per heavy atom. The second-order valence-corrected chi connectivity index (χ2v) is 5.16. The third-order valence-electron chi connectivity index (χ3n) is 2.73. The Morgan fingerprint density at radius 3 is 2.59 bits per heavy atom. The summed E-state index contributed by atoms with van der Waals surface area (Å²) in [5, 5.41) is 0. The Kier molecular flexibility index (Phi) is 4.10. The van der Waals surface area contributed by atoms with Gasteiger partial charge in [-0.25, -0.2) is 0 Å². The third-order valence-corrected chi connectivity index (χ3v) is 2.73. The van der Waals surface area contributed by atoms with Crippen LogP contribution in [-0.4, -0.2) is 16.6 Å². The van der Waals surface area contributed by atoms with Crippen molar-refractivity contribution in [2.75, 3.05) is 0 Å². The first-order valence-corrected chi connectivity index (χ1v) is 5.65. The molecule has 94 valence electrons. The van der Waals surface area contributed by atoms with Crippen LogP contribution in [0, 0.1) is 5.41 Å². The van der Waals surface area contributed by atoms with Crippen molar-refractivity contribution in [1.82, 2.24) is 4.57 Å². The van der Waals surface area contributed by atoms with E-state index < -0.39 is 0 Å². The predicted molar refractivity (Wildman–Crippen MR) is 65.7 cm³/mol. The maximum absolute atomic E-state index is 11.6. The third kappa shape index (κ3) is 4.06. The first kappa shape index (κ1) is 13.5. The molecule has 0 aliphatic rings. The van der Waals surface area contributed by atoms with Gasteiger partial charge in [-0.3, -0.25) is 9.59 Å². The minimum Gasteiger partial charge on any atom is -0.461 e. The summed E-state index contributed by atoms with van der Waals surface area (Å²) in [6.07, 6.45) is 1.39. The van der Waals surface area contributed by atoms with E-state index >= 15 is 0 Å². The lowest BCUT2D eigenvalue weighted by atomic mass is 9.90. The molecule has 1 aromatic heterocycles. The predicted octanol–water partition coefficient (Wildman–Crippen LogP) is 1.83. The Labute approximate surface area is 101 Å². The minimum absolute atomic E-state index is 0.0416. The van der Waals surface area contributed by atoms with E-state index in [9.17, 15) is 9.59 Å². The summed E-state index contributed by atoms with van der Waals surface area (Å²) >= 11 is 0. The molecule has 1 atom stereocenters. The first-order chi connectivity index (χ1) is 7.80. The molecule has 4 heteroatoms. The largest absolute Gasteiger partial charge is 0.461 e. The van der Waals surface area contributed by atoms with E-state index in [1.54, 1.807) is 18.3 Å². The molecule has 17 heavy (non-hydrogen) atoms. The zero-order valence-corrected chi connectivity index (χ0v) is 10.8. The number of hydrogen-bond acceptors (Lipinski definition) is 3. The van der Waals surface area contributed by atoms with Crippen LogP contribution in [0.3, 0.4) is 0 Å². The van der Waals surface area contributed by atoms with Crippen LogP contribution < -0.4 is 5.56 Å². The molecule has 0 spiro atoms. The van der Waals surface area contributed by atoms with Crippen molar-refractivity contribution in [1.29, 1.82) is 0 Å². The van der Waals surface area contributed by atoms with Crippen molar-refractivity contribution < 1.29 is 9.53 Å². The highest BCUT2D eigenvalue weighted by Crippen LogP contribution is 2.21. The number of rotatable bonds is 3. The van der Waals surface area contributed by atoms with Crippen LogP contribution in [0.15, 0.2) is 29.2 Å². The maximum Gasteiger partial charge on any atom is 0.326 e. The zero-order valence-electron chi connectivity index (χ0n) is 10.8. The van der Waals surface area contributed by atoms with Crippen LogP contribution in [0.4, 0.5) is 0 Å². The van der Waals surface area contributed by atoms with Crippen molar-refractivity contribution in [2.45, 2.75) is 40.3 Å². The molecule has 0 unspecified atom stereocenters. The molecule has 0 amide bonds. The molecule has 0 aliphatic carbocycles. The van der Waals surface area contributed by atoms with Crippen LogP contribution in [0.5, 0.6) is 0 Å². The molecular formula is C13H19NO3. The average Bonchev–Trinajstić information content (AvgIpc) is 2.20. The lowest BCUT2D eigenvalue weighted by Crippen LogP contribution is -2.32. The summed E-state index contributed by atoms with van der Waals surface area (Å²) in [7, 11) is 0. The van der Waals surface area contributed by atoms with E-state index in [1.165, 1.54) is 10.6 Å². The highest BCUT2D eigenvalue weighted by Gasteiger charge is 2.23. The number of hydrogen-bond donors (Lipinski definition) is 0. The fourth-order valence-electron chi connectivity index (χ4n) is 1.14. The van der Waals surface area contributed by atoms with E-state index in [-0.39, 0.29) is 29.6 Å². The second kappa shape index (κ2) is 5.17. The topological polar surface area (TPSA) is 48.3 Å². The average molecular weight is 237 g/mol. The van der Waals surface area contributed by atoms with Gasteiger partial charge in [-0.05, 0) is 18.4 Å². The van der Waals surface area contributed by atoms with Crippen LogP contribution in [0.1, 0.15) is 27.7 Å². The van der Waals surface area contributed by atoms with Gasteiger partial charge in [-0.1, -0.05) is 26.8 Å². The van der Waals surface area contributed by atoms with Crippen molar-refractivity contribution in [3.05, 3.63) is 34.7 Å². The Hall–Kier alpha value is -1.58. The summed E-state index contributed by atoms with van der Waals surface area (Å²) in [4.78, 5) is 23.0. The number of aromatic nitrogens is 1. The summed E-state index contributed by atoms with van der Waals surface area (Å²) in [5.74, 6) is -0.388. The summed E-state index contributed by atoms with van der Waals surface area (Å²) in [6, 6.07) is 4.77. The van der Waals surface area contributed by atoms with E-state index in [0.29, 0.717) is 0 Å². The molecule has 0 aliphatic heterocycles. The monoisotopic (exact) mass is 237 g/mol. The van der Waals surface area contributed by atoms with Crippen LogP contribution in [0.2, 0.25) is 0 Å². The fourth-order valence-corrected chi connectivity index (χ4v) is 1.14. The molecule has 0 N–H and O–H groups in total. The van der Waals surface area contributed by atoms with E-state index in [2.05, 4.69) is 0 Å². The Balaban J connectivity index is 2.63. The first-order valence-electron chi connectivity index (χ1n) is 5.65. The van der Waals surface area contributed by atoms with Crippen molar-refractivity contribution in [3.63, 3.8) is 0 Å². The zero-order chi connectivity index (χ0) is 13.1. The molecular weight excluding hydrogens is 218 g/mol. The number of pyridine rings is 1. The SMILES string of the molecule is C[C@@H](OC(=O)Cn1ccccc1=O)C(C)(C)C. The molecule has 0 aromatic carbocycles. The van der Waals surface area contributed by atoms with Crippen molar-refractivity contribution in [2.24, 2.45) is 5.41 Å². The quantitative estimate of drug-likeness (QED) is 0.753. The van der Waals surface area contributed by atoms with Gasteiger partial charge in [0.2, 0.25) is 0 Å². The minimum atomic E-state index is -0.388. The lowest BCUT2D eigenvalue weighted by molar-refractivity contribution is -0.154. The summed E-state index contributed by atoms with van der Waals surface area (Å²) in [6.45, 7) is 7.81. The highest BCUT2D eigenvalue weighted by atomic mass is 16.5. The summed E-state index contributed by atoms with van der Waals surface area (Å²) in [5.41, 5.74) is -0.301. The molecule has 4 nitrogen and oxygen atoms in total. The number of ether oxygens (including phenoxy) is 1. The van der Waals surface area contributed by atoms with Gasteiger partial charge < -0.3 is 9.30 Å². The Morgan fingerprint density at radius 2 is 2.06 bits per heavy atom. The normalized spacial score (nSPS) is 13.2. The Bertz CT molecular complexity index is 442. The van der Waals surface area contributed by atoms with Gasteiger partial charge in [0, 0.05) is 12.3 Å². The molecule has 1 rings (SSSR count). The molecule has 0 saturated heterocycles.